The molecule has 2 N–H and O–H groups in total. The molecule has 0 saturated carbocycles. The number of anilines is 2. The Hall–Kier alpha value is -4.10. The lowest BCUT2D eigenvalue weighted by Crippen LogP contribution is -2.14. The SMILES string of the molecule is COc1ccc(S(=O)(=O)Nc2ccccc2CCc2ccc(C(=O)Nc3ccccc3)cc2)cc1. The van der Waals surface area contributed by atoms with E-state index in [-0.39, 0.29) is 10.8 Å². The molecular formula is C28H26N2O4S. The Kier molecular flexibility index (Phi) is 7.48. The summed E-state index contributed by atoms with van der Waals surface area (Å²) < 4.78 is 33.5. The molecule has 0 fully saturated rings. The standard InChI is InChI=1S/C28H26N2O4S/c1-34-25-17-19-26(20-18-25)35(32,33)30-27-10-6-5-7-22(27)14-11-21-12-15-23(16-13-21)28(31)29-24-8-3-2-4-9-24/h2-10,12-13,15-20,30H,11,14H2,1H3,(H,29,31). The average molecular weight is 487 g/mol. The van der Waals surface area contributed by atoms with Crippen molar-refractivity contribution in [3.63, 3.8) is 0 Å². The lowest BCUT2D eigenvalue weighted by molar-refractivity contribution is 0.102. The molecule has 178 valence electrons. The second-order valence-electron chi connectivity index (χ2n) is 7.96. The van der Waals surface area contributed by atoms with Gasteiger partial charge in [0.15, 0.2) is 0 Å². The van der Waals surface area contributed by atoms with E-state index in [1.165, 1.54) is 19.2 Å². The predicted octanol–water partition coefficient (Wildman–Crippen LogP) is 5.53. The number of methoxy groups -OCH3 is 1. The summed E-state index contributed by atoms with van der Waals surface area (Å²) in [7, 11) is -2.20. The topological polar surface area (TPSA) is 84.5 Å². The van der Waals surface area contributed by atoms with Crippen molar-refractivity contribution in [3.8, 4) is 5.75 Å². The summed E-state index contributed by atoms with van der Waals surface area (Å²) >= 11 is 0. The number of ether oxygens (including phenoxy) is 1. The number of sulfonamides is 1. The van der Waals surface area contributed by atoms with Crippen molar-refractivity contribution in [1.29, 1.82) is 0 Å². The molecule has 0 aliphatic carbocycles. The van der Waals surface area contributed by atoms with Gasteiger partial charge in [0.1, 0.15) is 5.75 Å². The van der Waals surface area contributed by atoms with Crippen LogP contribution in [0.25, 0.3) is 0 Å². The zero-order valence-electron chi connectivity index (χ0n) is 19.3. The minimum absolute atomic E-state index is 0.164. The first-order valence-electron chi connectivity index (χ1n) is 11.1. The van der Waals surface area contributed by atoms with Gasteiger partial charge in [-0.1, -0.05) is 48.5 Å². The van der Waals surface area contributed by atoms with Gasteiger partial charge in [-0.3, -0.25) is 9.52 Å². The Bertz CT molecular complexity index is 1390. The van der Waals surface area contributed by atoms with E-state index in [1.54, 1.807) is 36.4 Å². The lowest BCUT2D eigenvalue weighted by atomic mass is 10.0. The molecule has 1 amide bonds. The van der Waals surface area contributed by atoms with E-state index in [1.807, 2.05) is 54.6 Å². The number of carbonyl (C=O) groups excluding carboxylic acids is 1. The van der Waals surface area contributed by atoms with Crippen LogP contribution in [0.2, 0.25) is 0 Å². The van der Waals surface area contributed by atoms with Crippen LogP contribution in [-0.4, -0.2) is 21.4 Å². The summed E-state index contributed by atoms with van der Waals surface area (Å²) in [6.07, 6.45) is 1.33. The molecule has 35 heavy (non-hydrogen) atoms. The van der Waals surface area contributed by atoms with Crippen molar-refractivity contribution in [2.24, 2.45) is 0 Å². The summed E-state index contributed by atoms with van der Waals surface area (Å²) in [5, 5.41) is 2.87. The largest absolute Gasteiger partial charge is 0.497 e. The van der Waals surface area contributed by atoms with Crippen LogP contribution in [0.1, 0.15) is 21.5 Å². The molecule has 4 aromatic rings. The number of aryl methyl sites for hydroxylation is 2. The van der Waals surface area contributed by atoms with Gasteiger partial charge in [0.25, 0.3) is 15.9 Å². The molecule has 7 heteroatoms. The normalized spacial score (nSPS) is 11.0. The molecule has 0 atom stereocenters. The van der Waals surface area contributed by atoms with Gasteiger partial charge in [-0.2, -0.15) is 0 Å². The first-order valence-corrected chi connectivity index (χ1v) is 12.6. The van der Waals surface area contributed by atoms with Crippen LogP contribution in [0.4, 0.5) is 11.4 Å². The second-order valence-corrected chi connectivity index (χ2v) is 9.64. The first-order chi connectivity index (χ1) is 16.9. The Morgan fingerprint density at radius 2 is 1.43 bits per heavy atom. The van der Waals surface area contributed by atoms with Gasteiger partial charge in [-0.05, 0) is 78.6 Å². The van der Waals surface area contributed by atoms with Crippen molar-refractivity contribution in [1.82, 2.24) is 0 Å². The number of rotatable bonds is 9. The molecule has 6 nitrogen and oxygen atoms in total. The van der Waals surface area contributed by atoms with Crippen LogP contribution in [0.3, 0.4) is 0 Å². The zero-order valence-corrected chi connectivity index (χ0v) is 20.1. The molecular weight excluding hydrogens is 460 g/mol. The number of amides is 1. The monoisotopic (exact) mass is 486 g/mol. The van der Waals surface area contributed by atoms with Gasteiger partial charge in [0.2, 0.25) is 0 Å². The number of benzene rings is 4. The highest BCUT2D eigenvalue weighted by molar-refractivity contribution is 7.92. The fourth-order valence-electron chi connectivity index (χ4n) is 3.62. The van der Waals surface area contributed by atoms with Crippen LogP contribution < -0.4 is 14.8 Å². The van der Waals surface area contributed by atoms with Crippen LogP contribution in [0.5, 0.6) is 5.75 Å². The highest BCUT2D eigenvalue weighted by Crippen LogP contribution is 2.23. The van der Waals surface area contributed by atoms with Gasteiger partial charge in [-0.15, -0.1) is 0 Å². The second kappa shape index (κ2) is 10.9. The molecule has 0 heterocycles. The van der Waals surface area contributed by atoms with Crippen LogP contribution in [0, 0.1) is 0 Å². The van der Waals surface area contributed by atoms with E-state index in [0.717, 1.165) is 16.8 Å². The molecule has 4 rings (SSSR count). The van der Waals surface area contributed by atoms with Crippen molar-refractivity contribution < 1.29 is 17.9 Å². The molecule has 0 spiro atoms. The maximum Gasteiger partial charge on any atom is 0.261 e. The molecule has 0 aliphatic rings. The number of nitrogens with one attached hydrogen (secondary N) is 2. The van der Waals surface area contributed by atoms with E-state index < -0.39 is 10.0 Å². The Morgan fingerprint density at radius 1 is 0.771 bits per heavy atom. The van der Waals surface area contributed by atoms with E-state index in [9.17, 15) is 13.2 Å². The van der Waals surface area contributed by atoms with Gasteiger partial charge < -0.3 is 10.1 Å². The quantitative estimate of drug-likeness (QED) is 0.326. The molecule has 0 aliphatic heterocycles. The molecule has 0 saturated heterocycles. The van der Waals surface area contributed by atoms with E-state index >= 15 is 0 Å². The minimum atomic E-state index is -3.73. The van der Waals surface area contributed by atoms with Gasteiger partial charge in [-0.25, -0.2) is 8.42 Å². The highest BCUT2D eigenvalue weighted by Gasteiger charge is 2.16. The average Bonchev–Trinajstić information content (AvgIpc) is 2.89. The number of carbonyl (C=O) groups is 1. The third-order valence-corrected chi connectivity index (χ3v) is 6.94. The lowest BCUT2D eigenvalue weighted by Gasteiger charge is -2.13. The summed E-state index contributed by atoms with van der Waals surface area (Å²) in [5.41, 5.74) is 3.80. The third-order valence-electron chi connectivity index (χ3n) is 5.56. The summed E-state index contributed by atoms with van der Waals surface area (Å²) in [4.78, 5) is 12.6. The molecule has 4 aromatic carbocycles. The third kappa shape index (κ3) is 6.28. The zero-order chi connectivity index (χ0) is 24.7. The number of hydrogen-bond donors (Lipinski definition) is 2. The smallest absolute Gasteiger partial charge is 0.261 e. The fraction of sp³-hybridized carbons (Fsp3) is 0.107. The maximum atomic E-state index is 12.9. The Labute approximate surface area is 205 Å². The van der Waals surface area contributed by atoms with Crippen molar-refractivity contribution in [2.45, 2.75) is 17.7 Å². The maximum absolute atomic E-state index is 12.9. The highest BCUT2D eigenvalue weighted by atomic mass is 32.2. The van der Waals surface area contributed by atoms with Gasteiger partial charge in [0.05, 0.1) is 17.7 Å². The van der Waals surface area contributed by atoms with Crippen LogP contribution >= 0.6 is 0 Å². The van der Waals surface area contributed by atoms with E-state index in [4.69, 9.17) is 4.74 Å². The van der Waals surface area contributed by atoms with Crippen molar-refractivity contribution in [3.05, 3.63) is 120 Å². The molecule has 0 bridgehead atoms. The van der Waals surface area contributed by atoms with Crippen LogP contribution in [-0.2, 0) is 22.9 Å². The number of hydrogen-bond acceptors (Lipinski definition) is 4. The van der Waals surface area contributed by atoms with Gasteiger partial charge in [0, 0.05) is 11.3 Å². The van der Waals surface area contributed by atoms with Gasteiger partial charge >= 0.3 is 0 Å². The van der Waals surface area contributed by atoms with Crippen molar-refractivity contribution in [2.75, 3.05) is 17.1 Å². The number of para-hydroxylation sites is 2. The molecule has 0 aromatic heterocycles. The first kappa shape index (κ1) is 24.0. The summed E-state index contributed by atoms with van der Waals surface area (Å²) in [6, 6.07) is 30.4. The fourth-order valence-corrected chi connectivity index (χ4v) is 4.72. The predicted molar refractivity (Wildman–Crippen MR) is 138 cm³/mol. The minimum Gasteiger partial charge on any atom is -0.497 e. The molecule has 0 radical (unpaired) electrons. The Balaban J connectivity index is 1.41. The summed E-state index contributed by atoms with van der Waals surface area (Å²) in [6.45, 7) is 0. The van der Waals surface area contributed by atoms with E-state index in [0.29, 0.717) is 29.8 Å². The van der Waals surface area contributed by atoms with Crippen molar-refractivity contribution >= 4 is 27.3 Å². The van der Waals surface area contributed by atoms with E-state index in [2.05, 4.69) is 10.0 Å². The summed E-state index contributed by atoms with van der Waals surface area (Å²) in [5.74, 6) is 0.425. The Morgan fingerprint density at radius 3 is 2.11 bits per heavy atom. The molecule has 0 unspecified atom stereocenters. The van der Waals surface area contributed by atoms with Crippen LogP contribution in [0.15, 0.2) is 108 Å².